The van der Waals surface area contributed by atoms with E-state index in [1.54, 1.807) is 0 Å². The minimum atomic E-state index is 0. The van der Waals surface area contributed by atoms with Crippen LogP contribution in [0, 0.1) is 0 Å². The standard InChI is InChI=1S/C12H13N3.ClH/c1-2-4-9(5-3-1)12-14-10-6-7-13-8-11(10)15-12;/h1-5,13H,6-8H2,(H,14,15);1H. The van der Waals surface area contributed by atoms with Crippen molar-refractivity contribution >= 4 is 12.4 Å². The number of nitrogens with one attached hydrogen (secondary N) is 2. The number of rotatable bonds is 1. The average Bonchev–Trinajstić information content (AvgIpc) is 2.74. The van der Waals surface area contributed by atoms with Crippen molar-refractivity contribution in [3.8, 4) is 11.4 Å². The monoisotopic (exact) mass is 235 g/mol. The van der Waals surface area contributed by atoms with Gasteiger partial charge < -0.3 is 10.3 Å². The third kappa shape index (κ3) is 1.96. The van der Waals surface area contributed by atoms with E-state index in [1.165, 1.54) is 11.4 Å². The number of hydrogen-bond donors (Lipinski definition) is 2. The quantitative estimate of drug-likeness (QED) is 0.795. The Morgan fingerprint density at radius 1 is 1.12 bits per heavy atom. The second-order valence-corrected chi connectivity index (χ2v) is 3.80. The van der Waals surface area contributed by atoms with E-state index in [1.807, 2.05) is 18.2 Å². The number of aromatic amines is 1. The van der Waals surface area contributed by atoms with Gasteiger partial charge in [0.1, 0.15) is 5.82 Å². The third-order valence-electron chi connectivity index (χ3n) is 2.75. The molecule has 1 aromatic heterocycles. The molecule has 84 valence electrons. The molecular formula is C12H14ClN3. The molecule has 4 heteroatoms. The zero-order chi connectivity index (χ0) is 10.1. The van der Waals surface area contributed by atoms with Crippen LogP contribution in [0.1, 0.15) is 11.4 Å². The van der Waals surface area contributed by atoms with E-state index < -0.39 is 0 Å². The summed E-state index contributed by atoms with van der Waals surface area (Å²) in [6, 6.07) is 10.3. The first-order chi connectivity index (χ1) is 7.43. The summed E-state index contributed by atoms with van der Waals surface area (Å²) < 4.78 is 0. The first-order valence-corrected chi connectivity index (χ1v) is 5.27. The summed E-state index contributed by atoms with van der Waals surface area (Å²) in [6.07, 6.45) is 1.03. The van der Waals surface area contributed by atoms with Gasteiger partial charge in [-0.1, -0.05) is 30.3 Å². The number of imidazole rings is 1. The summed E-state index contributed by atoms with van der Waals surface area (Å²) in [5.74, 6) is 0.990. The minimum absolute atomic E-state index is 0. The molecule has 0 saturated heterocycles. The lowest BCUT2D eigenvalue weighted by Gasteiger charge is -2.09. The Hall–Kier alpha value is -1.32. The highest BCUT2D eigenvalue weighted by molar-refractivity contribution is 5.85. The van der Waals surface area contributed by atoms with Gasteiger partial charge in [0.05, 0.1) is 11.4 Å². The van der Waals surface area contributed by atoms with Gasteiger partial charge in [0.15, 0.2) is 0 Å². The molecule has 1 aliphatic rings. The third-order valence-corrected chi connectivity index (χ3v) is 2.75. The molecule has 2 heterocycles. The molecule has 0 aliphatic carbocycles. The van der Waals surface area contributed by atoms with E-state index in [-0.39, 0.29) is 12.4 Å². The van der Waals surface area contributed by atoms with Crippen molar-refractivity contribution in [3.63, 3.8) is 0 Å². The molecule has 2 aromatic rings. The van der Waals surface area contributed by atoms with Crippen molar-refractivity contribution in [2.45, 2.75) is 13.0 Å². The molecule has 1 aliphatic heterocycles. The van der Waals surface area contributed by atoms with Crippen LogP contribution in [0.4, 0.5) is 0 Å². The van der Waals surface area contributed by atoms with E-state index in [0.29, 0.717) is 0 Å². The first kappa shape index (κ1) is 11.2. The Balaban J connectivity index is 0.000000963. The van der Waals surface area contributed by atoms with Crippen LogP contribution in [0.5, 0.6) is 0 Å². The van der Waals surface area contributed by atoms with Crippen molar-refractivity contribution < 1.29 is 0 Å². The van der Waals surface area contributed by atoms with Crippen molar-refractivity contribution in [2.75, 3.05) is 6.54 Å². The van der Waals surface area contributed by atoms with Crippen molar-refractivity contribution in [3.05, 3.63) is 41.7 Å². The summed E-state index contributed by atoms with van der Waals surface area (Å²) in [6.45, 7) is 1.95. The lowest BCUT2D eigenvalue weighted by Crippen LogP contribution is -2.23. The lowest BCUT2D eigenvalue weighted by atomic mass is 10.2. The van der Waals surface area contributed by atoms with Gasteiger partial charge in [0.2, 0.25) is 0 Å². The van der Waals surface area contributed by atoms with Crippen molar-refractivity contribution in [1.29, 1.82) is 0 Å². The second-order valence-electron chi connectivity index (χ2n) is 3.80. The topological polar surface area (TPSA) is 40.7 Å². The van der Waals surface area contributed by atoms with Gasteiger partial charge in [-0.25, -0.2) is 4.98 Å². The molecule has 0 radical (unpaired) electrons. The molecule has 2 N–H and O–H groups in total. The fraction of sp³-hybridized carbons (Fsp3) is 0.250. The SMILES string of the molecule is Cl.c1ccc(-c2nc3c([nH]2)CNCC3)cc1. The van der Waals surface area contributed by atoms with Gasteiger partial charge >= 0.3 is 0 Å². The number of benzene rings is 1. The number of halogens is 1. The first-order valence-electron chi connectivity index (χ1n) is 5.27. The smallest absolute Gasteiger partial charge is 0.137 e. The number of fused-ring (bicyclic) bond motifs is 1. The molecular weight excluding hydrogens is 222 g/mol. The summed E-state index contributed by atoms with van der Waals surface area (Å²) in [4.78, 5) is 8.00. The Labute approximate surface area is 101 Å². The fourth-order valence-electron chi connectivity index (χ4n) is 1.95. The second kappa shape index (κ2) is 4.68. The van der Waals surface area contributed by atoms with E-state index in [9.17, 15) is 0 Å². The highest BCUT2D eigenvalue weighted by atomic mass is 35.5. The molecule has 3 rings (SSSR count). The molecule has 0 atom stereocenters. The van der Waals surface area contributed by atoms with Gasteiger partial charge in [0, 0.05) is 25.1 Å². The number of H-pyrrole nitrogens is 1. The maximum atomic E-state index is 4.63. The van der Waals surface area contributed by atoms with Gasteiger partial charge in [-0.3, -0.25) is 0 Å². The molecule has 3 nitrogen and oxygen atoms in total. The Morgan fingerprint density at radius 2 is 1.94 bits per heavy atom. The molecule has 0 spiro atoms. The molecule has 0 saturated carbocycles. The molecule has 0 unspecified atom stereocenters. The van der Waals surface area contributed by atoms with Crippen LogP contribution in [-0.2, 0) is 13.0 Å². The molecule has 1 aromatic carbocycles. The zero-order valence-electron chi connectivity index (χ0n) is 8.86. The lowest BCUT2D eigenvalue weighted by molar-refractivity contribution is 0.627. The van der Waals surface area contributed by atoms with Gasteiger partial charge in [0.25, 0.3) is 0 Å². The Kier molecular flexibility index (Phi) is 3.27. The summed E-state index contributed by atoms with van der Waals surface area (Å²) in [7, 11) is 0. The van der Waals surface area contributed by atoms with Crippen LogP contribution in [-0.4, -0.2) is 16.5 Å². The maximum Gasteiger partial charge on any atom is 0.137 e. The van der Waals surface area contributed by atoms with Crippen LogP contribution in [0.2, 0.25) is 0 Å². The molecule has 0 fully saturated rings. The van der Waals surface area contributed by atoms with Crippen molar-refractivity contribution in [1.82, 2.24) is 15.3 Å². The van der Waals surface area contributed by atoms with Crippen LogP contribution < -0.4 is 5.32 Å². The van der Waals surface area contributed by atoms with E-state index >= 15 is 0 Å². The molecule has 16 heavy (non-hydrogen) atoms. The van der Waals surface area contributed by atoms with E-state index in [2.05, 4.69) is 27.4 Å². The highest BCUT2D eigenvalue weighted by Gasteiger charge is 2.14. The van der Waals surface area contributed by atoms with E-state index in [0.717, 1.165) is 30.9 Å². The zero-order valence-corrected chi connectivity index (χ0v) is 9.68. The summed E-state index contributed by atoms with van der Waals surface area (Å²) in [5.41, 5.74) is 3.61. The Morgan fingerprint density at radius 3 is 2.69 bits per heavy atom. The van der Waals surface area contributed by atoms with E-state index in [4.69, 9.17) is 0 Å². The van der Waals surface area contributed by atoms with Crippen LogP contribution >= 0.6 is 12.4 Å². The normalized spacial score (nSPS) is 14.0. The van der Waals surface area contributed by atoms with Gasteiger partial charge in [-0.15, -0.1) is 12.4 Å². The highest BCUT2D eigenvalue weighted by Crippen LogP contribution is 2.19. The minimum Gasteiger partial charge on any atom is -0.341 e. The largest absolute Gasteiger partial charge is 0.341 e. The maximum absolute atomic E-state index is 4.63. The fourth-order valence-corrected chi connectivity index (χ4v) is 1.95. The summed E-state index contributed by atoms with van der Waals surface area (Å²) in [5, 5.41) is 3.33. The predicted octanol–water partition coefficient (Wildman–Crippen LogP) is 2.14. The van der Waals surface area contributed by atoms with Crippen molar-refractivity contribution in [2.24, 2.45) is 0 Å². The average molecular weight is 236 g/mol. The van der Waals surface area contributed by atoms with Gasteiger partial charge in [-0.2, -0.15) is 0 Å². The molecule has 0 bridgehead atoms. The number of nitrogens with zero attached hydrogens (tertiary/aromatic N) is 1. The Bertz CT molecular complexity index is 441. The number of aromatic nitrogens is 2. The van der Waals surface area contributed by atoms with Crippen LogP contribution in [0.15, 0.2) is 30.3 Å². The molecule has 0 amide bonds. The van der Waals surface area contributed by atoms with Gasteiger partial charge in [-0.05, 0) is 0 Å². The van der Waals surface area contributed by atoms with Crippen LogP contribution in [0.25, 0.3) is 11.4 Å². The predicted molar refractivity (Wildman–Crippen MR) is 66.7 cm³/mol. The number of hydrogen-bond acceptors (Lipinski definition) is 2. The summed E-state index contributed by atoms with van der Waals surface area (Å²) >= 11 is 0. The van der Waals surface area contributed by atoms with Crippen LogP contribution in [0.3, 0.4) is 0 Å².